The highest BCUT2D eigenvalue weighted by Crippen LogP contribution is 2.27. The van der Waals surface area contributed by atoms with E-state index in [1.54, 1.807) is 48.6 Å². The van der Waals surface area contributed by atoms with Gasteiger partial charge in [0.1, 0.15) is 11.5 Å². The second-order valence-corrected chi connectivity index (χ2v) is 8.09. The van der Waals surface area contributed by atoms with Crippen LogP contribution < -0.4 is 14.4 Å². The van der Waals surface area contributed by atoms with Crippen LogP contribution in [0.15, 0.2) is 104 Å². The number of para-hydroxylation sites is 2. The first-order valence-corrected chi connectivity index (χ1v) is 11.4. The molecule has 3 aromatic carbocycles. The van der Waals surface area contributed by atoms with Gasteiger partial charge in [0.05, 0.1) is 16.8 Å². The highest BCUT2D eigenvalue weighted by molar-refractivity contribution is 6.28. The Kier molecular flexibility index (Phi) is 7.54. The van der Waals surface area contributed by atoms with Crippen molar-refractivity contribution in [1.82, 2.24) is 0 Å². The number of anilines is 1. The van der Waals surface area contributed by atoms with Crippen LogP contribution in [0.4, 0.5) is 5.69 Å². The van der Waals surface area contributed by atoms with E-state index in [-0.39, 0.29) is 16.8 Å². The van der Waals surface area contributed by atoms with Crippen molar-refractivity contribution in [3.63, 3.8) is 0 Å². The maximum absolute atomic E-state index is 13.2. The van der Waals surface area contributed by atoms with Crippen molar-refractivity contribution in [2.75, 3.05) is 4.90 Å². The van der Waals surface area contributed by atoms with Gasteiger partial charge in [0.15, 0.2) is 0 Å². The number of amides is 2. The van der Waals surface area contributed by atoms with Crippen LogP contribution in [0.2, 0.25) is 0 Å². The van der Waals surface area contributed by atoms with Crippen LogP contribution in [0.5, 0.6) is 11.5 Å². The summed E-state index contributed by atoms with van der Waals surface area (Å²) in [4.78, 5) is 51.8. The number of ether oxygens (including phenoxy) is 2. The second-order valence-electron chi connectivity index (χ2n) is 8.09. The average molecular weight is 494 g/mol. The summed E-state index contributed by atoms with van der Waals surface area (Å²) in [6.45, 7) is 7.43. The molecule has 0 aromatic heterocycles. The van der Waals surface area contributed by atoms with E-state index in [0.717, 1.165) is 28.2 Å². The number of imide groups is 1. The van der Waals surface area contributed by atoms with E-state index in [0.29, 0.717) is 24.3 Å². The monoisotopic (exact) mass is 493 g/mol. The predicted octanol–water partition coefficient (Wildman–Crippen LogP) is 5.01. The molecule has 4 rings (SSSR count). The number of esters is 2. The molecule has 0 saturated heterocycles. The van der Waals surface area contributed by atoms with Crippen molar-refractivity contribution in [3.8, 4) is 11.5 Å². The summed E-state index contributed by atoms with van der Waals surface area (Å²) in [6.07, 6.45) is 6.55. The van der Waals surface area contributed by atoms with Crippen molar-refractivity contribution in [2.45, 2.75) is 12.8 Å². The molecule has 7 nitrogen and oxygen atoms in total. The number of hydrogen-bond acceptors (Lipinski definition) is 6. The topological polar surface area (TPSA) is 90.0 Å². The molecule has 0 aliphatic carbocycles. The number of benzene rings is 3. The van der Waals surface area contributed by atoms with Crippen LogP contribution in [0.25, 0.3) is 0 Å². The maximum atomic E-state index is 13.2. The SMILES string of the molecule is C=CCc1ccccc1OC(=O)c1cc(C(=O)Oc2ccccc2CC=C)cc(N2C(=O)C=CC2=O)c1. The molecule has 1 aliphatic rings. The molecule has 37 heavy (non-hydrogen) atoms. The molecule has 0 spiro atoms. The molecule has 0 saturated carbocycles. The normalized spacial score (nSPS) is 12.4. The minimum atomic E-state index is -0.772. The lowest BCUT2D eigenvalue weighted by Crippen LogP contribution is -2.30. The van der Waals surface area contributed by atoms with Gasteiger partial charge in [-0.3, -0.25) is 9.59 Å². The lowest BCUT2D eigenvalue weighted by molar-refractivity contribution is -0.120. The minimum absolute atomic E-state index is 0.0373. The van der Waals surface area contributed by atoms with Crippen LogP contribution in [0.3, 0.4) is 0 Å². The van der Waals surface area contributed by atoms with Crippen molar-refractivity contribution in [1.29, 1.82) is 0 Å². The molecule has 184 valence electrons. The van der Waals surface area contributed by atoms with Crippen molar-refractivity contribution >= 4 is 29.4 Å². The second kappa shape index (κ2) is 11.1. The minimum Gasteiger partial charge on any atom is -0.423 e. The molecular formula is C30H23NO6. The van der Waals surface area contributed by atoms with Crippen LogP contribution in [0, 0.1) is 0 Å². The first-order chi connectivity index (χ1) is 17.9. The number of allylic oxidation sites excluding steroid dienone is 2. The Morgan fingerprint density at radius 2 is 1.14 bits per heavy atom. The molecule has 2 amide bonds. The molecule has 0 N–H and O–H groups in total. The molecule has 0 atom stereocenters. The van der Waals surface area contributed by atoms with E-state index in [9.17, 15) is 19.2 Å². The highest BCUT2D eigenvalue weighted by Gasteiger charge is 2.28. The maximum Gasteiger partial charge on any atom is 0.343 e. The van der Waals surface area contributed by atoms with Gasteiger partial charge in [-0.05, 0) is 54.3 Å². The number of hydrogen-bond donors (Lipinski definition) is 0. The van der Waals surface area contributed by atoms with Crippen LogP contribution in [-0.4, -0.2) is 23.8 Å². The summed E-state index contributed by atoms with van der Waals surface area (Å²) in [7, 11) is 0. The Balaban J connectivity index is 1.71. The van der Waals surface area contributed by atoms with Crippen molar-refractivity contribution in [3.05, 3.63) is 126 Å². The first kappa shape index (κ1) is 25.1. The lowest BCUT2D eigenvalue weighted by atomic mass is 10.1. The number of carbonyl (C=O) groups is 4. The Bertz CT molecular complexity index is 1350. The highest BCUT2D eigenvalue weighted by atomic mass is 16.5. The third-order valence-corrected chi connectivity index (χ3v) is 5.54. The Morgan fingerprint density at radius 3 is 1.57 bits per heavy atom. The van der Waals surface area contributed by atoms with E-state index in [2.05, 4.69) is 13.2 Å². The fourth-order valence-corrected chi connectivity index (χ4v) is 3.80. The zero-order valence-electron chi connectivity index (χ0n) is 19.9. The van der Waals surface area contributed by atoms with Gasteiger partial charge in [-0.15, -0.1) is 13.2 Å². The van der Waals surface area contributed by atoms with Crippen LogP contribution >= 0.6 is 0 Å². The fraction of sp³-hybridized carbons (Fsp3) is 0.0667. The van der Waals surface area contributed by atoms with E-state index in [1.807, 2.05) is 12.1 Å². The molecule has 0 fully saturated rings. The van der Waals surface area contributed by atoms with Gasteiger partial charge in [0, 0.05) is 12.2 Å². The molecule has 3 aromatic rings. The molecule has 0 bridgehead atoms. The summed E-state index contributed by atoms with van der Waals surface area (Å²) in [5.41, 5.74) is 1.46. The Morgan fingerprint density at radius 1 is 0.703 bits per heavy atom. The number of carbonyl (C=O) groups excluding carboxylic acids is 4. The predicted molar refractivity (Wildman–Crippen MR) is 139 cm³/mol. The van der Waals surface area contributed by atoms with Gasteiger partial charge >= 0.3 is 11.9 Å². The van der Waals surface area contributed by atoms with E-state index >= 15 is 0 Å². The van der Waals surface area contributed by atoms with Gasteiger partial charge in [-0.1, -0.05) is 48.6 Å². The van der Waals surface area contributed by atoms with E-state index in [1.165, 1.54) is 18.2 Å². The van der Waals surface area contributed by atoms with Crippen molar-refractivity contribution in [2.24, 2.45) is 0 Å². The third kappa shape index (κ3) is 5.62. The molecule has 1 aliphatic heterocycles. The number of rotatable bonds is 9. The third-order valence-electron chi connectivity index (χ3n) is 5.54. The summed E-state index contributed by atoms with van der Waals surface area (Å²) >= 11 is 0. The zero-order chi connectivity index (χ0) is 26.4. The largest absolute Gasteiger partial charge is 0.423 e. The van der Waals surface area contributed by atoms with E-state index < -0.39 is 23.8 Å². The summed E-state index contributed by atoms with van der Waals surface area (Å²) in [5.74, 6) is -2.08. The van der Waals surface area contributed by atoms with Gasteiger partial charge in [-0.2, -0.15) is 0 Å². The first-order valence-electron chi connectivity index (χ1n) is 11.4. The van der Waals surface area contributed by atoms with Crippen LogP contribution in [-0.2, 0) is 22.4 Å². The van der Waals surface area contributed by atoms with Crippen molar-refractivity contribution < 1.29 is 28.7 Å². The Hall–Kier alpha value is -5.04. The summed E-state index contributed by atoms with van der Waals surface area (Å²) < 4.78 is 11.2. The Labute approximate surface area is 213 Å². The summed E-state index contributed by atoms with van der Waals surface area (Å²) in [5, 5.41) is 0. The van der Waals surface area contributed by atoms with Gasteiger partial charge in [0.2, 0.25) is 0 Å². The number of nitrogens with zero attached hydrogens (tertiary/aromatic N) is 1. The van der Waals surface area contributed by atoms with Crippen LogP contribution in [0.1, 0.15) is 31.8 Å². The standard InChI is InChI=1S/C30H23NO6/c1-3-9-20-11-5-7-13-25(20)36-29(34)22-17-23(19-24(18-22)31-27(32)15-16-28(31)33)30(35)37-26-14-8-6-12-21(26)10-4-2/h3-8,11-19H,1-2,9-10H2. The zero-order valence-corrected chi connectivity index (χ0v) is 19.9. The molecule has 7 heteroatoms. The molecular weight excluding hydrogens is 470 g/mol. The lowest BCUT2D eigenvalue weighted by Gasteiger charge is -2.17. The molecule has 0 radical (unpaired) electrons. The van der Waals surface area contributed by atoms with Gasteiger partial charge in [-0.25, -0.2) is 14.5 Å². The van der Waals surface area contributed by atoms with E-state index in [4.69, 9.17) is 9.47 Å². The van der Waals surface area contributed by atoms with Gasteiger partial charge in [0.25, 0.3) is 11.8 Å². The summed E-state index contributed by atoms with van der Waals surface area (Å²) in [6, 6.07) is 17.9. The van der Waals surface area contributed by atoms with Gasteiger partial charge < -0.3 is 9.47 Å². The average Bonchev–Trinajstić information content (AvgIpc) is 3.24. The quantitative estimate of drug-likeness (QED) is 0.180. The smallest absolute Gasteiger partial charge is 0.343 e. The molecule has 1 heterocycles. The fourth-order valence-electron chi connectivity index (χ4n) is 3.80. The molecule has 0 unspecified atom stereocenters.